The summed E-state index contributed by atoms with van der Waals surface area (Å²) in [4.78, 5) is 26.4. The van der Waals surface area contributed by atoms with E-state index in [9.17, 15) is 9.59 Å². The molecule has 2 amide bonds. The molecule has 0 bridgehead atoms. The maximum atomic E-state index is 12.2. The average molecular weight is 369 g/mol. The molecule has 27 heavy (non-hydrogen) atoms. The van der Waals surface area contributed by atoms with Crippen LogP contribution in [0.4, 0.5) is 5.69 Å². The number of nitrogens with zero attached hydrogens (tertiary/aromatic N) is 1. The van der Waals surface area contributed by atoms with Crippen LogP contribution >= 0.6 is 0 Å². The molecule has 0 aliphatic carbocycles. The van der Waals surface area contributed by atoms with E-state index in [4.69, 9.17) is 0 Å². The van der Waals surface area contributed by atoms with Gasteiger partial charge in [0.05, 0.1) is 0 Å². The fourth-order valence-corrected chi connectivity index (χ4v) is 2.84. The summed E-state index contributed by atoms with van der Waals surface area (Å²) < 4.78 is 0. The Labute approximate surface area is 160 Å². The Morgan fingerprint density at radius 2 is 1.59 bits per heavy atom. The summed E-state index contributed by atoms with van der Waals surface area (Å²) in [6.45, 7) is 8.28. The number of anilines is 1. The molecule has 2 aromatic carbocycles. The van der Waals surface area contributed by atoms with Gasteiger partial charge < -0.3 is 10.2 Å². The van der Waals surface area contributed by atoms with Crippen molar-refractivity contribution < 1.29 is 14.9 Å². The molecule has 0 radical (unpaired) electrons. The summed E-state index contributed by atoms with van der Waals surface area (Å²) in [5.74, 6) is -0.573. The molecule has 1 atom stereocenters. The van der Waals surface area contributed by atoms with Crippen LogP contribution in [0.2, 0.25) is 0 Å². The number of nitrogens with two attached hydrogens (primary N) is 1. The van der Waals surface area contributed by atoms with Crippen molar-refractivity contribution >= 4 is 17.5 Å². The van der Waals surface area contributed by atoms with Crippen LogP contribution in [0.25, 0.3) is 0 Å². The topological polar surface area (TPSA) is 78.1 Å². The van der Waals surface area contributed by atoms with E-state index in [0.29, 0.717) is 5.56 Å². The SMILES string of the molecule is CCN(CC)c1ccc(C(=O)NNC(=O)C[NH2+][C@H](C)c2ccccc2)cc1. The minimum Gasteiger partial charge on any atom is -0.372 e. The van der Waals surface area contributed by atoms with E-state index in [1.54, 1.807) is 12.1 Å². The van der Waals surface area contributed by atoms with Crippen LogP contribution in [0.5, 0.6) is 0 Å². The summed E-state index contributed by atoms with van der Waals surface area (Å²) in [6, 6.07) is 17.5. The molecule has 0 saturated heterocycles. The normalized spacial score (nSPS) is 11.5. The molecule has 4 N–H and O–H groups in total. The van der Waals surface area contributed by atoms with Crippen LogP contribution in [0.15, 0.2) is 54.6 Å². The van der Waals surface area contributed by atoms with Crippen molar-refractivity contribution in [3.8, 4) is 0 Å². The molecule has 0 aliphatic rings. The third-order valence-corrected chi connectivity index (χ3v) is 4.56. The second-order valence-electron chi connectivity index (χ2n) is 6.36. The monoisotopic (exact) mass is 369 g/mol. The van der Waals surface area contributed by atoms with Crippen molar-refractivity contribution in [2.24, 2.45) is 0 Å². The van der Waals surface area contributed by atoms with Gasteiger partial charge in [-0.2, -0.15) is 0 Å². The highest BCUT2D eigenvalue weighted by atomic mass is 16.2. The van der Waals surface area contributed by atoms with Gasteiger partial charge in [0.25, 0.3) is 11.8 Å². The van der Waals surface area contributed by atoms with Crippen LogP contribution in [-0.4, -0.2) is 31.4 Å². The number of hydrogen-bond donors (Lipinski definition) is 3. The number of amides is 2. The lowest BCUT2D eigenvalue weighted by atomic mass is 10.1. The maximum absolute atomic E-state index is 12.2. The largest absolute Gasteiger partial charge is 0.372 e. The van der Waals surface area contributed by atoms with E-state index in [-0.39, 0.29) is 24.4 Å². The van der Waals surface area contributed by atoms with Gasteiger partial charge in [0, 0.05) is 29.9 Å². The van der Waals surface area contributed by atoms with E-state index in [1.165, 1.54) is 0 Å². The first-order valence-corrected chi connectivity index (χ1v) is 9.37. The minimum absolute atomic E-state index is 0.167. The molecule has 0 saturated carbocycles. The standard InChI is InChI=1S/C21H28N4O2/c1-4-25(5-2)19-13-11-18(12-14-19)21(27)24-23-20(26)15-22-16(3)17-9-7-6-8-10-17/h6-14,16,22H,4-5,15H2,1-3H3,(H,23,26)(H,24,27)/p+1/t16-/m1/s1. The number of carbonyl (C=O) groups excluding carboxylic acids is 2. The van der Waals surface area contributed by atoms with Gasteiger partial charge in [0.2, 0.25) is 0 Å². The summed E-state index contributed by atoms with van der Waals surface area (Å²) in [6.07, 6.45) is 0. The van der Waals surface area contributed by atoms with E-state index in [1.807, 2.05) is 54.7 Å². The third kappa shape index (κ3) is 6.11. The molecule has 0 aliphatic heterocycles. The molecular weight excluding hydrogens is 340 g/mol. The van der Waals surface area contributed by atoms with Crippen LogP contribution < -0.4 is 21.1 Å². The van der Waals surface area contributed by atoms with Gasteiger partial charge in [-0.3, -0.25) is 20.4 Å². The fraction of sp³-hybridized carbons (Fsp3) is 0.333. The van der Waals surface area contributed by atoms with Gasteiger partial charge >= 0.3 is 0 Å². The first-order valence-electron chi connectivity index (χ1n) is 9.37. The molecule has 0 heterocycles. The highest BCUT2D eigenvalue weighted by molar-refractivity contribution is 5.95. The number of hydrogen-bond acceptors (Lipinski definition) is 3. The van der Waals surface area contributed by atoms with Crippen LogP contribution in [0.3, 0.4) is 0 Å². The molecule has 0 fully saturated rings. The maximum Gasteiger partial charge on any atom is 0.293 e. The van der Waals surface area contributed by atoms with E-state index in [2.05, 4.69) is 29.6 Å². The molecule has 2 rings (SSSR count). The number of hydrazine groups is 1. The highest BCUT2D eigenvalue weighted by Crippen LogP contribution is 2.14. The molecule has 2 aromatic rings. The van der Waals surface area contributed by atoms with Crippen molar-refractivity contribution in [2.45, 2.75) is 26.8 Å². The Bertz CT molecular complexity index is 728. The van der Waals surface area contributed by atoms with Crippen molar-refractivity contribution in [3.05, 3.63) is 65.7 Å². The van der Waals surface area contributed by atoms with Crippen molar-refractivity contribution in [1.82, 2.24) is 10.9 Å². The van der Waals surface area contributed by atoms with Gasteiger partial charge in [0.15, 0.2) is 6.54 Å². The van der Waals surface area contributed by atoms with Gasteiger partial charge in [-0.15, -0.1) is 0 Å². The number of carbonyl (C=O) groups is 2. The van der Waals surface area contributed by atoms with Crippen molar-refractivity contribution in [3.63, 3.8) is 0 Å². The average Bonchev–Trinajstić information content (AvgIpc) is 2.72. The van der Waals surface area contributed by atoms with E-state index >= 15 is 0 Å². The predicted octanol–water partition coefficient (Wildman–Crippen LogP) is 1.62. The molecule has 144 valence electrons. The van der Waals surface area contributed by atoms with Gasteiger partial charge in [-0.05, 0) is 45.0 Å². The molecule has 0 aromatic heterocycles. The molecule has 0 spiro atoms. The van der Waals surface area contributed by atoms with Crippen LogP contribution in [0, 0.1) is 0 Å². The number of quaternary nitrogens is 1. The lowest BCUT2D eigenvalue weighted by Crippen LogP contribution is -2.87. The highest BCUT2D eigenvalue weighted by Gasteiger charge is 2.12. The van der Waals surface area contributed by atoms with E-state index in [0.717, 1.165) is 24.3 Å². The zero-order valence-corrected chi connectivity index (χ0v) is 16.2. The first-order chi connectivity index (χ1) is 13.0. The fourth-order valence-electron chi connectivity index (χ4n) is 2.84. The minimum atomic E-state index is -0.328. The Kier molecular flexibility index (Phi) is 7.82. The Hall–Kier alpha value is -2.86. The summed E-state index contributed by atoms with van der Waals surface area (Å²) in [5.41, 5.74) is 7.67. The van der Waals surface area contributed by atoms with Gasteiger partial charge in [0.1, 0.15) is 6.04 Å². The lowest BCUT2D eigenvalue weighted by molar-refractivity contribution is -0.682. The van der Waals surface area contributed by atoms with Crippen LogP contribution in [0.1, 0.15) is 42.7 Å². The Morgan fingerprint density at radius 3 is 2.19 bits per heavy atom. The first kappa shape index (κ1) is 20.5. The number of nitrogens with one attached hydrogen (secondary N) is 2. The number of rotatable bonds is 8. The quantitative estimate of drug-likeness (QED) is 0.619. The summed E-state index contributed by atoms with van der Waals surface area (Å²) in [7, 11) is 0. The van der Waals surface area contributed by atoms with Gasteiger partial charge in [-0.1, -0.05) is 30.3 Å². The Balaban J connectivity index is 1.78. The Morgan fingerprint density at radius 1 is 0.963 bits per heavy atom. The molecule has 6 heteroatoms. The summed E-state index contributed by atoms with van der Waals surface area (Å²) >= 11 is 0. The molecule has 0 unspecified atom stereocenters. The second-order valence-corrected chi connectivity index (χ2v) is 6.36. The van der Waals surface area contributed by atoms with Crippen molar-refractivity contribution in [1.29, 1.82) is 0 Å². The molecule has 6 nitrogen and oxygen atoms in total. The zero-order valence-electron chi connectivity index (χ0n) is 16.2. The summed E-state index contributed by atoms with van der Waals surface area (Å²) in [5, 5.41) is 1.93. The van der Waals surface area contributed by atoms with Crippen molar-refractivity contribution in [2.75, 3.05) is 24.5 Å². The second kappa shape index (κ2) is 10.3. The van der Waals surface area contributed by atoms with Crippen LogP contribution in [-0.2, 0) is 4.79 Å². The third-order valence-electron chi connectivity index (χ3n) is 4.56. The predicted molar refractivity (Wildman–Crippen MR) is 107 cm³/mol. The number of benzene rings is 2. The molecular formula is C21H29N4O2+. The van der Waals surface area contributed by atoms with Gasteiger partial charge in [-0.25, -0.2) is 0 Å². The van der Waals surface area contributed by atoms with E-state index < -0.39 is 0 Å². The lowest BCUT2D eigenvalue weighted by Gasteiger charge is -2.21. The zero-order chi connectivity index (χ0) is 19.6. The smallest absolute Gasteiger partial charge is 0.293 e.